The molecule has 2 aliphatic heterocycles. The lowest BCUT2D eigenvalue weighted by Crippen LogP contribution is -2.45. The van der Waals surface area contributed by atoms with E-state index in [9.17, 15) is 28.1 Å². The van der Waals surface area contributed by atoms with Crippen LogP contribution in [0.1, 0.15) is 47.3 Å². The summed E-state index contributed by atoms with van der Waals surface area (Å²) in [6, 6.07) is 28.8. The van der Waals surface area contributed by atoms with Crippen LogP contribution in [0.2, 0.25) is 0 Å². The molecule has 14 heteroatoms. The Morgan fingerprint density at radius 2 is 1.65 bits per heavy atom. The van der Waals surface area contributed by atoms with Crippen molar-refractivity contribution in [1.29, 1.82) is 0 Å². The second-order valence-electron chi connectivity index (χ2n) is 12.9. The number of rotatable bonds is 11. The quantitative estimate of drug-likeness (QED) is 0.132. The molecule has 13 nitrogen and oxygen atoms in total. The highest BCUT2D eigenvalue weighted by atomic mass is 32.2. The molecule has 2 amide bonds. The van der Waals surface area contributed by atoms with Gasteiger partial charge in [-0.25, -0.2) is 17.9 Å². The van der Waals surface area contributed by atoms with E-state index >= 15 is 0 Å². The average Bonchev–Trinajstić information content (AvgIpc) is 3.16. The Kier molecular flexibility index (Phi) is 11.5. The standard InChI is InChI=1S/C38H42N6O7S/c1-2-51-38(46)43-21-18-31(19-22-43)40-34-17-16-32(24-36(34)44(47)48)52(49,50)41-37(45)29-14-12-28(13-15-29)35-26-42(23-20-39-35)25-30-10-6-7-11-33(30)27-8-4-3-5-9-27/h3-17,24,31,35,39-40H,2,18-23,25-26H2,1H3,(H,41,45). The number of amides is 2. The van der Waals surface area contributed by atoms with Crippen LogP contribution in [-0.2, 0) is 21.3 Å². The molecule has 2 heterocycles. The first-order valence-electron chi connectivity index (χ1n) is 17.3. The van der Waals surface area contributed by atoms with E-state index in [-0.39, 0.29) is 29.9 Å². The summed E-state index contributed by atoms with van der Waals surface area (Å²) in [5, 5.41) is 18.6. The van der Waals surface area contributed by atoms with E-state index in [1.165, 1.54) is 28.8 Å². The summed E-state index contributed by atoms with van der Waals surface area (Å²) in [5.74, 6) is -0.847. The van der Waals surface area contributed by atoms with Crippen molar-refractivity contribution < 1.29 is 27.7 Å². The smallest absolute Gasteiger partial charge is 0.409 e. The summed E-state index contributed by atoms with van der Waals surface area (Å²) in [6.45, 7) is 6.04. The number of piperidine rings is 1. The third-order valence-electron chi connectivity index (χ3n) is 9.41. The molecule has 3 N–H and O–H groups in total. The van der Waals surface area contributed by atoms with Crippen molar-refractivity contribution in [3.8, 4) is 11.1 Å². The normalized spacial score (nSPS) is 16.9. The summed E-state index contributed by atoms with van der Waals surface area (Å²) < 4.78 is 33.5. The minimum atomic E-state index is -4.44. The molecule has 2 saturated heterocycles. The van der Waals surface area contributed by atoms with Gasteiger partial charge < -0.3 is 20.3 Å². The third-order valence-corrected chi connectivity index (χ3v) is 10.7. The predicted octanol–water partition coefficient (Wildman–Crippen LogP) is 5.56. The maximum absolute atomic E-state index is 13.2. The van der Waals surface area contributed by atoms with Gasteiger partial charge in [0.15, 0.2) is 0 Å². The maximum atomic E-state index is 13.2. The molecule has 0 bridgehead atoms. The molecule has 2 aliphatic rings. The summed E-state index contributed by atoms with van der Waals surface area (Å²) >= 11 is 0. The highest BCUT2D eigenvalue weighted by Crippen LogP contribution is 2.30. The first-order chi connectivity index (χ1) is 25.1. The zero-order valence-electron chi connectivity index (χ0n) is 28.9. The van der Waals surface area contributed by atoms with Crippen molar-refractivity contribution in [1.82, 2.24) is 19.8 Å². The van der Waals surface area contributed by atoms with E-state index in [4.69, 9.17) is 4.74 Å². The van der Waals surface area contributed by atoms with Gasteiger partial charge in [-0.05, 0) is 66.3 Å². The molecule has 52 heavy (non-hydrogen) atoms. The lowest BCUT2D eigenvalue weighted by Gasteiger charge is -2.34. The van der Waals surface area contributed by atoms with Gasteiger partial charge in [-0.15, -0.1) is 0 Å². The van der Waals surface area contributed by atoms with E-state index in [0.29, 0.717) is 25.9 Å². The molecule has 0 saturated carbocycles. The molecular formula is C38H42N6O7S. The Labute approximate surface area is 303 Å². The summed E-state index contributed by atoms with van der Waals surface area (Å²) in [7, 11) is -4.44. The zero-order valence-corrected chi connectivity index (χ0v) is 29.7. The fourth-order valence-corrected chi connectivity index (χ4v) is 7.67. The number of hydrogen-bond acceptors (Lipinski definition) is 10. The van der Waals surface area contributed by atoms with Crippen LogP contribution in [0.5, 0.6) is 0 Å². The van der Waals surface area contributed by atoms with Crippen LogP contribution in [0, 0.1) is 10.1 Å². The summed E-state index contributed by atoms with van der Waals surface area (Å²) in [4.78, 5) is 39.9. The summed E-state index contributed by atoms with van der Waals surface area (Å²) in [5.41, 5.74) is 4.43. The lowest BCUT2D eigenvalue weighted by atomic mass is 9.98. The second kappa shape index (κ2) is 16.4. The molecule has 1 unspecified atom stereocenters. The SMILES string of the molecule is CCOC(=O)N1CCC(Nc2ccc(S(=O)(=O)NC(=O)c3ccc(C4CN(Cc5ccccc5-c5ccccc5)CCN4)cc3)cc2[N+](=O)[O-])CC1. The zero-order chi connectivity index (χ0) is 36.7. The number of nitro groups is 1. The molecule has 0 aromatic heterocycles. The van der Waals surface area contributed by atoms with Crippen LogP contribution in [0.4, 0.5) is 16.2 Å². The number of likely N-dealkylation sites (tertiary alicyclic amines) is 1. The number of carbonyl (C=O) groups excluding carboxylic acids is 2. The number of ether oxygens (including phenoxy) is 1. The molecule has 4 aromatic rings. The van der Waals surface area contributed by atoms with Gasteiger partial charge in [-0.3, -0.25) is 19.8 Å². The molecule has 0 aliphatic carbocycles. The van der Waals surface area contributed by atoms with E-state index < -0.39 is 37.5 Å². The van der Waals surface area contributed by atoms with Gasteiger partial charge >= 0.3 is 6.09 Å². The molecule has 6 rings (SSSR count). The third kappa shape index (κ3) is 8.76. The number of sulfonamides is 1. The Morgan fingerprint density at radius 1 is 0.942 bits per heavy atom. The number of hydrogen-bond donors (Lipinski definition) is 3. The van der Waals surface area contributed by atoms with Crippen molar-refractivity contribution >= 4 is 33.4 Å². The van der Waals surface area contributed by atoms with Crippen molar-refractivity contribution in [3.63, 3.8) is 0 Å². The van der Waals surface area contributed by atoms with Crippen LogP contribution in [0.15, 0.2) is 102 Å². The Bertz CT molecular complexity index is 2000. The van der Waals surface area contributed by atoms with Gasteiger partial charge in [0, 0.05) is 63.0 Å². The lowest BCUT2D eigenvalue weighted by molar-refractivity contribution is -0.384. The molecule has 272 valence electrons. The van der Waals surface area contributed by atoms with Crippen molar-refractivity contribution in [2.24, 2.45) is 0 Å². The number of anilines is 1. The fourth-order valence-electron chi connectivity index (χ4n) is 6.68. The number of benzene rings is 4. The van der Waals surface area contributed by atoms with Gasteiger partial charge in [0.25, 0.3) is 21.6 Å². The predicted molar refractivity (Wildman–Crippen MR) is 197 cm³/mol. The van der Waals surface area contributed by atoms with Crippen LogP contribution in [-0.4, -0.2) is 80.5 Å². The van der Waals surface area contributed by atoms with E-state index in [0.717, 1.165) is 37.8 Å². The van der Waals surface area contributed by atoms with E-state index in [1.54, 1.807) is 24.0 Å². The van der Waals surface area contributed by atoms with Crippen LogP contribution in [0.3, 0.4) is 0 Å². The Morgan fingerprint density at radius 3 is 2.37 bits per heavy atom. The number of carbonyl (C=O) groups is 2. The number of piperazine rings is 1. The average molecular weight is 727 g/mol. The van der Waals surface area contributed by atoms with Gasteiger partial charge in [-0.1, -0.05) is 66.7 Å². The Hall–Kier alpha value is -5.31. The highest BCUT2D eigenvalue weighted by molar-refractivity contribution is 7.90. The van der Waals surface area contributed by atoms with Crippen LogP contribution in [0.25, 0.3) is 11.1 Å². The van der Waals surface area contributed by atoms with Gasteiger partial charge in [0.1, 0.15) is 5.69 Å². The van der Waals surface area contributed by atoms with Crippen molar-refractivity contribution in [2.45, 2.75) is 43.3 Å². The highest BCUT2D eigenvalue weighted by Gasteiger charge is 2.28. The molecule has 4 aromatic carbocycles. The first-order valence-corrected chi connectivity index (χ1v) is 18.8. The van der Waals surface area contributed by atoms with E-state index in [2.05, 4.69) is 56.7 Å². The molecule has 0 spiro atoms. The van der Waals surface area contributed by atoms with Crippen LogP contribution >= 0.6 is 0 Å². The van der Waals surface area contributed by atoms with Crippen LogP contribution < -0.4 is 15.4 Å². The second-order valence-corrected chi connectivity index (χ2v) is 14.5. The fraction of sp³-hybridized carbons (Fsp3) is 0.316. The van der Waals surface area contributed by atoms with Gasteiger partial charge in [0.2, 0.25) is 0 Å². The van der Waals surface area contributed by atoms with Gasteiger partial charge in [-0.2, -0.15) is 0 Å². The number of nitrogens with one attached hydrogen (secondary N) is 3. The number of nitro benzene ring substituents is 1. The molecule has 0 radical (unpaired) electrons. The van der Waals surface area contributed by atoms with E-state index in [1.807, 2.05) is 30.3 Å². The van der Waals surface area contributed by atoms with Gasteiger partial charge in [0.05, 0.1) is 16.4 Å². The topological polar surface area (TPSA) is 163 Å². The largest absolute Gasteiger partial charge is 0.450 e. The molecular weight excluding hydrogens is 685 g/mol. The molecule has 1 atom stereocenters. The summed E-state index contributed by atoms with van der Waals surface area (Å²) in [6.07, 6.45) is 0.663. The number of nitrogens with zero attached hydrogens (tertiary/aromatic N) is 3. The minimum absolute atomic E-state index is 0.0104. The Balaban J connectivity index is 1.07. The van der Waals surface area contributed by atoms with Crippen molar-refractivity contribution in [2.75, 3.05) is 44.6 Å². The molecule has 2 fully saturated rings. The van der Waals surface area contributed by atoms with Crippen molar-refractivity contribution in [3.05, 3.63) is 124 Å². The minimum Gasteiger partial charge on any atom is -0.450 e. The first kappa shape index (κ1) is 36.5. The maximum Gasteiger partial charge on any atom is 0.409 e. The monoisotopic (exact) mass is 726 g/mol.